The van der Waals surface area contributed by atoms with Crippen LogP contribution in [0.25, 0.3) is 0 Å². The number of carbonyl (C=O) groups is 1. The van der Waals surface area contributed by atoms with Crippen molar-refractivity contribution in [2.75, 3.05) is 7.11 Å². The Morgan fingerprint density at radius 1 is 1.03 bits per heavy atom. The minimum atomic E-state index is -0.678. The number of esters is 1. The fraction of sp³-hybridized carbons (Fsp3) is 0.130. The summed E-state index contributed by atoms with van der Waals surface area (Å²) in [5, 5.41) is 18.7. The predicted octanol–water partition coefficient (Wildman–Crippen LogP) is 7.51. The Morgan fingerprint density at radius 2 is 1.61 bits per heavy atom. The first-order valence-corrected chi connectivity index (χ1v) is 11.5. The molecule has 3 aromatic rings. The molecule has 10 heteroatoms. The number of hydrogen-bond acceptors (Lipinski definition) is 6. The lowest BCUT2D eigenvalue weighted by Crippen LogP contribution is -2.24. The monoisotopic (exact) mass is 615 g/mol. The van der Waals surface area contributed by atoms with Gasteiger partial charge in [0.1, 0.15) is 23.0 Å². The van der Waals surface area contributed by atoms with Gasteiger partial charge in [-0.2, -0.15) is 5.26 Å². The first-order valence-electron chi connectivity index (χ1n) is 9.20. The molecule has 0 heterocycles. The number of methoxy groups -OCH3 is 1. The molecule has 0 radical (unpaired) electrons. The molecule has 1 atom stereocenters. The molecule has 6 nitrogen and oxygen atoms in total. The van der Waals surface area contributed by atoms with Gasteiger partial charge in [-0.05, 0) is 93.4 Å². The highest BCUT2D eigenvalue weighted by molar-refractivity contribution is 9.11. The van der Waals surface area contributed by atoms with Crippen molar-refractivity contribution in [2.45, 2.75) is 13.0 Å². The maximum atomic E-state index is 11.3. The van der Waals surface area contributed by atoms with Crippen molar-refractivity contribution in [3.8, 4) is 29.1 Å². The second-order valence-electron chi connectivity index (χ2n) is 6.33. The Kier molecular flexibility index (Phi) is 10.3. The molecule has 0 amide bonds. The highest BCUT2D eigenvalue weighted by Crippen LogP contribution is 2.33. The molecule has 0 bridgehead atoms. The van der Waals surface area contributed by atoms with E-state index in [-0.39, 0.29) is 5.75 Å². The molecule has 0 aliphatic heterocycles. The molecule has 1 N–H and O–H groups in total. The molecule has 0 aromatic heterocycles. The van der Waals surface area contributed by atoms with Crippen LogP contribution in [0.5, 0.6) is 23.0 Å². The van der Waals surface area contributed by atoms with Gasteiger partial charge in [0.05, 0.1) is 32.7 Å². The summed E-state index contributed by atoms with van der Waals surface area (Å²) in [6.07, 6.45) is -0.678. The standard InChI is InChI=1S/C16H14Cl2O4.C7H3Br2NO/c1-10(16(19)20-2)21-12-4-6-13(7-5-12)22-15-8-3-11(17)9-14(15)18;8-5-1-4(3-10)2-6(9)7(5)11/h3-10H,1-2H3;1-2,11H. The molecule has 33 heavy (non-hydrogen) atoms. The summed E-state index contributed by atoms with van der Waals surface area (Å²) in [5.41, 5.74) is 0.501. The molecule has 0 aliphatic rings. The minimum Gasteiger partial charge on any atom is -0.506 e. The molecule has 1 unspecified atom stereocenters. The lowest BCUT2D eigenvalue weighted by molar-refractivity contribution is -0.147. The van der Waals surface area contributed by atoms with E-state index in [4.69, 9.17) is 37.9 Å². The van der Waals surface area contributed by atoms with Crippen LogP contribution in [0.3, 0.4) is 0 Å². The van der Waals surface area contributed by atoms with Crippen molar-refractivity contribution in [3.05, 3.63) is 79.2 Å². The van der Waals surface area contributed by atoms with Crippen molar-refractivity contribution in [1.29, 1.82) is 5.26 Å². The maximum Gasteiger partial charge on any atom is 0.346 e. The number of phenolic OH excluding ortho intramolecular Hbond substituents is 1. The third-order valence-corrected chi connectivity index (χ3v) is 5.68. The summed E-state index contributed by atoms with van der Waals surface area (Å²) in [6.45, 7) is 1.61. The fourth-order valence-corrected chi connectivity index (χ4v) is 3.95. The summed E-state index contributed by atoms with van der Waals surface area (Å²) < 4.78 is 16.7. The maximum absolute atomic E-state index is 11.3. The summed E-state index contributed by atoms with van der Waals surface area (Å²) in [6, 6.07) is 16.9. The van der Waals surface area contributed by atoms with Crippen LogP contribution < -0.4 is 9.47 Å². The first kappa shape index (κ1) is 26.8. The van der Waals surface area contributed by atoms with E-state index >= 15 is 0 Å². The zero-order chi connectivity index (χ0) is 24.5. The van der Waals surface area contributed by atoms with E-state index in [1.165, 1.54) is 7.11 Å². The van der Waals surface area contributed by atoms with Gasteiger partial charge in [0.15, 0.2) is 6.10 Å². The summed E-state index contributed by atoms with van der Waals surface area (Å²) in [7, 11) is 1.31. The van der Waals surface area contributed by atoms with Crippen LogP contribution in [0.2, 0.25) is 10.0 Å². The molecule has 0 spiro atoms. The van der Waals surface area contributed by atoms with E-state index in [9.17, 15) is 9.90 Å². The van der Waals surface area contributed by atoms with Gasteiger partial charge in [-0.15, -0.1) is 0 Å². The van der Waals surface area contributed by atoms with Crippen molar-refractivity contribution < 1.29 is 24.1 Å². The second-order valence-corrected chi connectivity index (χ2v) is 8.88. The number of nitriles is 1. The summed E-state index contributed by atoms with van der Waals surface area (Å²) >= 11 is 18.1. The van der Waals surface area contributed by atoms with Crippen molar-refractivity contribution in [1.82, 2.24) is 0 Å². The molecular formula is C23H17Br2Cl2NO5. The first-order chi connectivity index (χ1) is 15.6. The number of benzene rings is 3. The minimum absolute atomic E-state index is 0.115. The van der Waals surface area contributed by atoms with Crippen molar-refractivity contribution in [2.24, 2.45) is 0 Å². The fourth-order valence-electron chi connectivity index (χ4n) is 2.32. The SMILES string of the molecule is COC(=O)C(C)Oc1ccc(Oc2ccc(Cl)cc2Cl)cc1.N#Cc1cc(Br)c(O)c(Br)c1. The van der Waals surface area contributed by atoms with Crippen LogP contribution in [0, 0.1) is 11.3 Å². The van der Waals surface area contributed by atoms with Gasteiger partial charge in [0.25, 0.3) is 0 Å². The number of halogens is 4. The van der Waals surface area contributed by atoms with Crippen LogP contribution in [0.4, 0.5) is 0 Å². The second kappa shape index (κ2) is 12.7. The lowest BCUT2D eigenvalue weighted by atomic mass is 10.2. The van der Waals surface area contributed by atoms with Gasteiger partial charge >= 0.3 is 5.97 Å². The Bertz CT molecular complexity index is 1140. The van der Waals surface area contributed by atoms with Crippen molar-refractivity contribution >= 4 is 61.0 Å². The van der Waals surface area contributed by atoms with E-state index < -0.39 is 12.1 Å². The molecule has 172 valence electrons. The smallest absolute Gasteiger partial charge is 0.346 e. The zero-order valence-corrected chi connectivity index (χ0v) is 22.0. The molecule has 0 saturated heterocycles. The van der Waals surface area contributed by atoms with Crippen molar-refractivity contribution in [3.63, 3.8) is 0 Å². The van der Waals surface area contributed by atoms with Crippen LogP contribution >= 0.6 is 55.1 Å². The van der Waals surface area contributed by atoms with E-state index in [0.29, 0.717) is 41.8 Å². The number of aromatic hydroxyl groups is 1. The molecule has 0 saturated carbocycles. The summed E-state index contributed by atoms with van der Waals surface area (Å²) in [4.78, 5) is 11.3. The Labute approximate surface area is 217 Å². The molecule has 0 fully saturated rings. The topological polar surface area (TPSA) is 88.8 Å². The predicted molar refractivity (Wildman–Crippen MR) is 133 cm³/mol. The quantitative estimate of drug-likeness (QED) is 0.298. The average Bonchev–Trinajstić information content (AvgIpc) is 2.80. The number of hydrogen-bond donors (Lipinski definition) is 1. The van der Waals surface area contributed by atoms with E-state index in [1.54, 1.807) is 61.5 Å². The molecular weight excluding hydrogens is 601 g/mol. The van der Waals surface area contributed by atoms with Crippen LogP contribution in [0.15, 0.2) is 63.5 Å². The highest BCUT2D eigenvalue weighted by Gasteiger charge is 2.14. The highest BCUT2D eigenvalue weighted by atomic mass is 79.9. The van der Waals surface area contributed by atoms with Gasteiger partial charge in [-0.1, -0.05) is 23.2 Å². The van der Waals surface area contributed by atoms with E-state index in [1.807, 2.05) is 6.07 Å². The van der Waals surface area contributed by atoms with Gasteiger partial charge in [-0.25, -0.2) is 4.79 Å². The lowest BCUT2D eigenvalue weighted by Gasteiger charge is -2.13. The van der Waals surface area contributed by atoms with E-state index in [0.717, 1.165) is 0 Å². The van der Waals surface area contributed by atoms with Crippen LogP contribution in [-0.2, 0) is 9.53 Å². The summed E-state index contributed by atoms with van der Waals surface area (Å²) in [5.74, 6) is 1.30. The number of nitrogens with zero attached hydrogens (tertiary/aromatic N) is 1. The molecule has 3 aromatic carbocycles. The molecule has 3 rings (SSSR count). The number of ether oxygens (including phenoxy) is 3. The Balaban J connectivity index is 0.000000294. The van der Waals surface area contributed by atoms with Gasteiger partial charge in [0.2, 0.25) is 0 Å². The largest absolute Gasteiger partial charge is 0.506 e. The number of carbonyl (C=O) groups excluding carboxylic acids is 1. The van der Waals surface area contributed by atoms with Gasteiger partial charge < -0.3 is 19.3 Å². The Hall–Kier alpha value is -2.44. The Morgan fingerprint density at radius 3 is 2.12 bits per heavy atom. The number of phenols is 1. The van der Waals surface area contributed by atoms with Crippen LogP contribution in [-0.4, -0.2) is 24.3 Å². The third-order valence-electron chi connectivity index (χ3n) is 3.94. The van der Waals surface area contributed by atoms with Gasteiger partial charge in [0, 0.05) is 5.02 Å². The van der Waals surface area contributed by atoms with E-state index in [2.05, 4.69) is 36.6 Å². The average molecular weight is 618 g/mol. The molecule has 0 aliphatic carbocycles. The zero-order valence-electron chi connectivity index (χ0n) is 17.3. The normalized spacial score (nSPS) is 10.8. The van der Waals surface area contributed by atoms with Gasteiger partial charge in [-0.3, -0.25) is 0 Å². The third kappa shape index (κ3) is 8.13. The van der Waals surface area contributed by atoms with Crippen LogP contribution in [0.1, 0.15) is 12.5 Å². The number of rotatable bonds is 5.